The van der Waals surface area contributed by atoms with Crippen molar-refractivity contribution in [3.63, 3.8) is 0 Å². The Labute approximate surface area is 178 Å². The molecule has 0 aromatic heterocycles. The van der Waals surface area contributed by atoms with Crippen LogP contribution in [0.4, 0.5) is 0 Å². The summed E-state index contributed by atoms with van der Waals surface area (Å²) in [5.41, 5.74) is 3.52. The van der Waals surface area contributed by atoms with Gasteiger partial charge in [0.25, 0.3) is 5.91 Å². The molecule has 1 aliphatic rings. The smallest absolute Gasteiger partial charge is 0.251 e. The van der Waals surface area contributed by atoms with E-state index in [-0.39, 0.29) is 27.4 Å². The zero-order chi connectivity index (χ0) is 21.2. The number of nitrogens with zero attached hydrogens (tertiary/aromatic N) is 1. The Morgan fingerprint density at radius 1 is 1.07 bits per heavy atom. The highest BCUT2D eigenvalue weighted by Gasteiger charge is 2.29. The first-order valence-electron chi connectivity index (χ1n) is 9.88. The molecule has 2 aromatic carbocycles. The summed E-state index contributed by atoms with van der Waals surface area (Å²) in [6, 6.07) is 10.3. The Balaban J connectivity index is 1.85. The normalized spacial score (nSPS) is 16.4. The first-order valence-corrected chi connectivity index (χ1v) is 11.7. The van der Waals surface area contributed by atoms with Crippen LogP contribution in [0.25, 0.3) is 0 Å². The molecule has 0 aliphatic carbocycles. The van der Waals surface area contributed by atoms with Crippen molar-refractivity contribution in [3.8, 4) is 0 Å². The van der Waals surface area contributed by atoms with Crippen molar-refractivity contribution in [2.45, 2.75) is 51.0 Å². The highest BCUT2D eigenvalue weighted by atomic mass is 35.5. The molecule has 1 aliphatic heterocycles. The standard InChI is InChI=1S/C22H27ClN2O3S/c1-15-7-8-16(2)19(13-15)17(3)24-22(26)18-9-10-20(23)21(14-18)29(27,28)25-11-5-4-6-12-25/h7-10,13-14,17H,4-6,11-12H2,1-3H3,(H,24,26)/t17-/m0/s1. The molecule has 29 heavy (non-hydrogen) atoms. The maximum Gasteiger partial charge on any atom is 0.251 e. The number of carbonyl (C=O) groups excluding carboxylic acids is 1. The molecular formula is C22H27ClN2O3S. The van der Waals surface area contributed by atoms with Crippen molar-refractivity contribution in [2.24, 2.45) is 0 Å². The van der Waals surface area contributed by atoms with E-state index in [0.717, 1.165) is 36.0 Å². The summed E-state index contributed by atoms with van der Waals surface area (Å²) in [5, 5.41) is 3.10. The number of hydrogen-bond acceptors (Lipinski definition) is 3. The largest absolute Gasteiger partial charge is 0.346 e. The number of benzene rings is 2. The number of amides is 1. The lowest BCUT2D eigenvalue weighted by atomic mass is 10.00. The molecule has 0 unspecified atom stereocenters. The van der Waals surface area contributed by atoms with Crippen LogP contribution in [-0.4, -0.2) is 31.7 Å². The van der Waals surface area contributed by atoms with Crippen LogP contribution >= 0.6 is 11.6 Å². The lowest BCUT2D eigenvalue weighted by molar-refractivity contribution is 0.0939. The van der Waals surface area contributed by atoms with Gasteiger partial charge in [-0.05, 0) is 62.9 Å². The van der Waals surface area contributed by atoms with Gasteiger partial charge < -0.3 is 5.32 Å². The summed E-state index contributed by atoms with van der Waals surface area (Å²) < 4.78 is 27.5. The van der Waals surface area contributed by atoms with Crippen LogP contribution in [0.3, 0.4) is 0 Å². The monoisotopic (exact) mass is 434 g/mol. The van der Waals surface area contributed by atoms with Gasteiger partial charge in [0.15, 0.2) is 0 Å². The van der Waals surface area contributed by atoms with E-state index >= 15 is 0 Å². The summed E-state index contributed by atoms with van der Waals surface area (Å²) >= 11 is 6.21. The molecule has 0 bridgehead atoms. The van der Waals surface area contributed by atoms with Crippen molar-refractivity contribution in [3.05, 3.63) is 63.7 Å². The fourth-order valence-corrected chi connectivity index (χ4v) is 5.69. The first-order chi connectivity index (χ1) is 13.7. The minimum Gasteiger partial charge on any atom is -0.346 e. The minimum atomic E-state index is -3.72. The van der Waals surface area contributed by atoms with Crippen molar-refractivity contribution in [2.75, 3.05) is 13.1 Å². The topological polar surface area (TPSA) is 66.5 Å². The Bertz CT molecular complexity index is 1010. The predicted molar refractivity (Wildman–Crippen MR) is 116 cm³/mol. The van der Waals surface area contributed by atoms with Crippen LogP contribution in [-0.2, 0) is 10.0 Å². The fraction of sp³-hybridized carbons (Fsp3) is 0.409. The van der Waals surface area contributed by atoms with Gasteiger partial charge in [-0.25, -0.2) is 8.42 Å². The molecule has 1 fully saturated rings. The summed E-state index contributed by atoms with van der Waals surface area (Å²) in [6.45, 7) is 6.90. The van der Waals surface area contributed by atoms with Crippen molar-refractivity contribution < 1.29 is 13.2 Å². The zero-order valence-corrected chi connectivity index (χ0v) is 18.6. The van der Waals surface area contributed by atoms with E-state index in [1.54, 1.807) is 6.07 Å². The van der Waals surface area contributed by atoms with E-state index in [1.165, 1.54) is 16.4 Å². The maximum atomic E-state index is 13.0. The molecule has 1 saturated heterocycles. The Morgan fingerprint density at radius 2 is 1.76 bits per heavy atom. The van der Waals surface area contributed by atoms with E-state index in [9.17, 15) is 13.2 Å². The summed E-state index contributed by atoms with van der Waals surface area (Å²) in [7, 11) is -3.72. The van der Waals surface area contributed by atoms with E-state index in [2.05, 4.69) is 5.32 Å². The van der Waals surface area contributed by atoms with Crippen LogP contribution < -0.4 is 5.32 Å². The van der Waals surface area contributed by atoms with E-state index in [1.807, 2.05) is 39.0 Å². The van der Waals surface area contributed by atoms with Gasteiger partial charge in [-0.2, -0.15) is 4.31 Å². The first kappa shape index (κ1) is 21.8. The molecule has 1 atom stereocenters. The quantitative estimate of drug-likeness (QED) is 0.746. The highest BCUT2D eigenvalue weighted by Crippen LogP contribution is 2.28. The molecular weight excluding hydrogens is 408 g/mol. The van der Waals surface area contributed by atoms with Gasteiger partial charge in [0.2, 0.25) is 10.0 Å². The second-order valence-electron chi connectivity index (χ2n) is 7.67. The number of sulfonamides is 1. The third-order valence-electron chi connectivity index (χ3n) is 5.38. The fourth-order valence-electron chi connectivity index (χ4n) is 3.67. The average Bonchev–Trinajstić information content (AvgIpc) is 2.70. The Morgan fingerprint density at radius 3 is 2.45 bits per heavy atom. The molecule has 1 N–H and O–H groups in total. The molecule has 5 nitrogen and oxygen atoms in total. The van der Waals surface area contributed by atoms with Crippen LogP contribution in [0.5, 0.6) is 0 Å². The molecule has 1 heterocycles. The number of hydrogen-bond donors (Lipinski definition) is 1. The number of rotatable bonds is 5. The van der Waals surface area contributed by atoms with E-state index < -0.39 is 10.0 Å². The van der Waals surface area contributed by atoms with Gasteiger partial charge in [0.1, 0.15) is 4.90 Å². The lowest BCUT2D eigenvalue weighted by Crippen LogP contribution is -2.36. The van der Waals surface area contributed by atoms with Crippen LogP contribution in [0.2, 0.25) is 5.02 Å². The van der Waals surface area contributed by atoms with Gasteiger partial charge >= 0.3 is 0 Å². The van der Waals surface area contributed by atoms with Crippen LogP contribution in [0.15, 0.2) is 41.3 Å². The number of piperidine rings is 1. The summed E-state index contributed by atoms with van der Waals surface area (Å²) in [5.74, 6) is -0.329. The molecule has 2 aromatic rings. The number of carbonyl (C=O) groups is 1. The second-order valence-corrected chi connectivity index (χ2v) is 9.98. The molecule has 0 saturated carbocycles. The van der Waals surface area contributed by atoms with Crippen LogP contribution in [0, 0.1) is 13.8 Å². The Hall–Kier alpha value is -1.89. The summed E-state index contributed by atoms with van der Waals surface area (Å²) in [6.07, 6.45) is 2.70. The third-order valence-corrected chi connectivity index (χ3v) is 7.76. The molecule has 1 amide bonds. The number of halogens is 1. The average molecular weight is 435 g/mol. The van der Waals surface area contributed by atoms with Crippen molar-refractivity contribution >= 4 is 27.5 Å². The SMILES string of the molecule is Cc1ccc(C)c([C@H](C)NC(=O)c2ccc(Cl)c(S(=O)(=O)N3CCCCC3)c2)c1. The predicted octanol–water partition coefficient (Wildman–Crippen LogP) is 4.62. The number of nitrogens with one attached hydrogen (secondary N) is 1. The summed E-state index contributed by atoms with van der Waals surface area (Å²) in [4.78, 5) is 12.8. The highest BCUT2D eigenvalue weighted by molar-refractivity contribution is 7.89. The van der Waals surface area contributed by atoms with Gasteiger partial charge in [-0.3, -0.25) is 4.79 Å². The van der Waals surface area contributed by atoms with Gasteiger partial charge in [-0.1, -0.05) is 41.8 Å². The van der Waals surface area contributed by atoms with Crippen LogP contribution in [0.1, 0.15) is 59.3 Å². The maximum absolute atomic E-state index is 13.0. The molecule has 0 spiro atoms. The second kappa shape index (κ2) is 8.86. The third kappa shape index (κ3) is 4.82. The molecule has 3 rings (SSSR count). The zero-order valence-electron chi connectivity index (χ0n) is 17.0. The van der Waals surface area contributed by atoms with E-state index in [4.69, 9.17) is 11.6 Å². The molecule has 0 radical (unpaired) electrons. The Kier molecular flexibility index (Phi) is 6.66. The number of aryl methyl sites for hydroxylation is 2. The van der Waals surface area contributed by atoms with Gasteiger partial charge in [-0.15, -0.1) is 0 Å². The lowest BCUT2D eigenvalue weighted by Gasteiger charge is -2.26. The van der Waals surface area contributed by atoms with Crippen molar-refractivity contribution in [1.82, 2.24) is 9.62 Å². The van der Waals surface area contributed by atoms with Crippen molar-refractivity contribution in [1.29, 1.82) is 0 Å². The minimum absolute atomic E-state index is 0.00638. The molecule has 7 heteroatoms. The van der Waals surface area contributed by atoms with Gasteiger partial charge in [0, 0.05) is 18.7 Å². The molecule has 156 valence electrons. The van der Waals surface area contributed by atoms with E-state index in [0.29, 0.717) is 13.1 Å². The van der Waals surface area contributed by atoms with Gasteiger partial charge in [0.05, 0.1) is 11.1 Å².